The molecule has 0 spiro atoms. The van der Waals surface area contributed by atoms with Gasteiger partial charge in [0.2, 0.25) is 5.82 Å². The van der Waals surface area contributed by atoms with Gasteiger partial charge in [-0.2, -0.15) is 0 Å². The van der Waals surface area contributed by atoms with E-state index in [4.69, 9.17) is 19.5 Å². The van der Waals surface area contributed by atoms with Crippen molar-refractivity contribution in [3.63, 3.8) is 0 Å². The van der Waals surface area contributed by atoms with Crippen molar-refractivity contribution < 1.29 is 14.0 Å². The summed E-state index contributed by atoms with van der Waals surface area (Å²) >= 11 is 0. The highest BCUT2D eigenvalue weighted by atomic mass is 28.4. The Kier molecular flexibility index (Phi) is 11.1. The number of carbonyl (C=O) groups is 1. The van der Waals surface area contributed by atoms with Crippen LogP contribution in [0.25, 0.3) is 17.2 Å². The van der Waals surface area contributed by atoms with Crippen molar-refractivity contribution in [1.29, 1.82) is 0 Å². The molecule has 59 heavy (non-hydrogen) atoms. The summed E-state index contributed by atoms with van der Waals surface area (Å²) in [5.41, 5.74) is 4.80. The van der Waals surface area contributed by atoms with Gasteiger partial charge in [0.1, 0.15) is 5.54 Å². The molecule has 0 radical (unpaired) electrons. The van der Waals surface area contributed by atoms with E-state index in [9.17, 15) is 4.79 Å². The Morgan fingerprint density at radius 1 is 0.644 bits per heavy atom. The van der Waals surface area contributed by atoms with Crippen molar-refractivity contribution in [3.8, 4) is 17.2 Å². The van der Waals surface area contributed by atoms with Gasteiger partial charge in [0.15, 0.2) is 0 Å². The molecule has 0 aliphatic carbocycles. The zero-order valence-electron chi connectivity index (χ0n) is 33.8. The second kappa shape index (κ2) is 16.7. The lowest BCUT2D eigenvalue weighted by Gasteiger charge is -2.43. The zero-order chi connectivity index (χ0) is 40.9. The summed E-state index contributed by atoms with van der Waals surface area (Å²) in [6.07, 6.45) is 1.80. The summed E-state index contributed by atoms with van der Waals surface area (Å²) < 4.78 is 16.6. The normalized spacial score (nSPS) is 12.0. The lowest BCUT2D eigenvalue weighted by Crippen LogP contribution is -2.66. The van der Waals surface area contributed by atoms with E-state index in [1.54, 1.807) is 13.1 Å². The second-order valence-electron chi connectivity index (χ2n) is 15.5. The molecule has 0 fully saturated rings. The topological polar surface area (TPSA) is 84.1 Å². The minimum absolute atomic E-state index is 0.155. The van der Waals surface area contributed by atoms with Crippen LogP contribution in [0.15, 0.2) is 188 Å². The van der Waals surface area contributed by atoms with Crippen molar-refractivity contribution >= 4 is 24.7 Å². The Morgan fingerprint density at radius 2 is 1.12 bits per heavy atom. The molecule has 0 bridgehead atoms. The first kappa shape index (κ1) is 39.2. The Morgan fingerprint density at radius 3 is 1.58 bits per heavy atom. The standard InChI is InChI=1S/C50H47N5O3Si/c1-5-57-48(56)39-35-46(47-51-52-53-55(47)50(40-21-11-6-12-22-40,41-23-13-7-14-24-41)42-25-15-8-16-26-42)54(36-39)43-33-31-38(32-34-43)37-58-59(49(2,3)4,44-27-17-9-18-28-44)45-29-19-10-20-30-45/h6-36H,5,37H2,1-4H3. The second-order valence-corrected chi connectivity index (χ2v) is 19.9. The van der Waals surface area contributed by atoms with E-state index >= 15 is 0 Å². The molecular formula is C50H47N5O3Si. The number of carbonyl (C=O) groups excluding carboxylic acids is 1. The number of nitrogens with zero attached hydrogens (tertiary/aromatic N) is 5. The van der Waals surface area contributed by atoms with E-state index in [-0.39, 0.29) is 11.6 Å². The molecule has 0 saturated heterocycles. The molecule has 8 rings (SSSR count). The molecule has 6 aromatic carbocycles. The zero-order valence-corrected chi connectivity index (χ0v) is 34.8. The SMILES string of the molecule is CCOC(=O)c1cc(-c2nnnn2C(c2ccccc2)(c2ccccc2)c2ccccc2)n(-c2ccc(CO[Si](c3ccccc3)(c3ccccc3)C(C)(C)C)cc2)c1. The molecule has 0 atom stereocenters. The highest BCUT2D eigenvalue weighted by molar-refractivity contribution is 6.99. The Balaban J connectivity index is 1.24. The van der Waals surface area contributed by atoms with Crippen molar-refractivity contribution in [3.05, 3.63) is 216 Å². The predicted octanol–water partition coefficient (Wildman–Crippen LogP) is 9.22. The van der Waals surface area contributed by atoms with Crippen molar-refractivity contribution in [2.24, 2.45) is 0 Å². The molecule has 2 heterocycles. The summed E-state index contributed by atoms with van der Waals surface area (Å²) in [5.74, 6) is 0.0403. The fourth-order valence-corrected chi connectivity index (χ4v) is 12.9. The summed E-state index contributed by atoms with van der Waals surface area (Å²) in [4.78, 5) is 13.4. The summed E-state index contributed by atoms with van der Waals surface area (Å²) in [6.45, 7) is 9.33. The van der Waals surface area contributed by atoms with Crippen LogP contribution in [0, 0.1) is 0 Å². The molecule has 294 valence electrons. The van der Waals surface area contributed by atoms with E-state index in [0.717, 1.165) is 27.9 Å². The number of ether oxygens (including phenoxy) is 1. The molecule has 2 aromatic heterocycles. The molecular weight excluding hydrogens is 747 g/mol. The van der Waals surface area contributed by atoms with Gasteiger partial charge < -0.3 is 13.7 Å². The van der Waals surface area contributed by atoms with Gasteiger partial charge in [-0.25, -0.2) is 9.48 Å². The average molecular weight is 794 g/mol. The van der Waals surface area contributed by atoms with E-state index in [1.165, 1.54) is 10.4 Å². The van der Waals surface area contributed by atoms with Crippen LogP contribution in [0.2, 0.25) is 5.04 Å². The van der Waals surface area contributed by atoms with Gasteiger partial charge in [0.25, 0.3) is 8.32 Å². The summed E-state index contributed by atoms with van der Waals surface area (Å²) in [7, 11) is -2.76. The van der Waals surface area contributed by atoms with Crippen LogP contribution < -0.4 is 10.4 Å². The maximum absolute atomic E-state index is 13.4. The third-order valence-electron chi connectivity index (χ3n) is 11.0. The fourth-order valence-electron chi connectivity index (χ4n) is 8.36. The minimum atomic E-state index is -2.76. The number of rotatable bonds is 13. The lowest BCUT2D eigenvalue weighted by atomic mass is 9.77. The molecule has 8 nitrogen and oxygen atoms in total. The van der Waals surface area contributed by atoms with E-state index in [0.29, 0.717) is 23.7 Å². The van der Waals surface area contributed by atoms with Crippen molar-refractivity contribution in [1.82, 2.24) is 24.8 Å². The molecule has 8 aromatic rings. The highest BCUT2D eigenvalue weighted by Gasteiger charge is 2.50. The molecule has 0 amide bonds. The molecule has 0 aliphatic rings. The quantitative estimate of drug-likeness (QED) is 0.0658. The Hall–Kier alpha value is -6.68. The molecule has 0 saturated carbocycles. The summed E-state index contributed by atoms with van der Waals surface area (Å²) in [5, 5.41) is 16.1. The number of esters is 1. The van der Waals surface area contributed by atoms with Crippen LogP contribution >= 0.6 is 0 Å². The van der Waals surface area contributed by atoms with Crippen LogP contribution in [0.3, 0.4) is 0 Å². The largest absolute Gasteiger partial charge is 0.462 e. The lowest BCUT2D eigenvalue weighted by molar-refractivity contribution is 0.0526. The van der Waals surface area contributed by atoms with Crippen LogP contribution in [0.1, 0.15) is 60.3 Å². The van der Waals surface area contributed by atoms with E-state index in [2.05, 4.69) is 147 Å². The molecule has 0 aliphatic heterocycles. The Bertz CT molecular complexity index is 2470. The van der Waals surface area contributed by atoms with Gasteiger partial charge in [-0.05, 0) is 73.2 Å². The fraction of sp³-hybridized carbons (Fsp3) is 0.160. The van der Waals surface area contributed by atoms with Crippen LogP contribution in [0.5, 0.6) is 0 Å². The van der Waals surface area contributed by atoms with Gasteiger partial charge in [0.05, 0.1) is 24.5 Å². The van der Waals surface area contributed by atoms with E-state index in [1.807, 2.05) is 69.9 Å². The van der Waals surface area contributed by atoms with Crippen LogP contribution in [0.4, 0.5) is 0 Å². The molecule has 0 unspecified atom stereocenters. The van der Waals surface area contributed by atoms with Gasteiger partial charge >= 0.3 is 5.97 Å². The van der Waals surface area contributed by atoms with Crippen molar-refractivity contribution in [2.45, 2.75) is 44.9 Å². The van der Waals surface area contributed by atoms with Gasteiger partial charge in [0, 0.05) is 11.9 Å². The van der Waals surface area contributed by atoms with Gasteiger partial charge in [-0.1, -0.05) is 185 Å². The maximum Gasteiger partial charge on any atom is 0.339 e. The maximum atomic E-state index is 13.4. The van der Waals surface area contributed by atoms with Gasteiger partial charge in [-0.15, -0.1) is 5.10 Å². The number of benzene rings is 6. The van der Waals surface area contributed by atoms with Crippen LogP contribution in [-0.4, -0.2) is 45.7 Å². The molecule has 9 heteroatoms. The Labute approximate surface area is 346 Å². The molecule has 0 N–H and O–H groups in total. The minimum Gasteiger partial charge on any atom is -0.462 e. The third kappa shape index (κ3) is 7.24. The smallest absolute Gasteiger partial charge is 0.339 e. The van der Waals surface area contributed by atoms with Crippen molar-refractivity contribution in [2.75, 3.05) is 6.61 Å². The number of hydrogen-bond acceptors (Lipinski definition) is 6. The first-order valence-electron chi connectivity index (χ1n) is 20.0. The number of hydrogen-bond donors (Lipinski definition) is 0. The monoisotopic (exact) mass is 793 g/mol. The van der Waals surface area contributed by atoms with E-state index < -0.39 is 19.8 Å². The summed E-state index contributed by atoms with van der Waals surface area (Å²) in [6, 6.07) is 62.2. The first-order valence-corrected chi connectivity index (χ1v) is 21.9. The van der Waals surface area contributed by atoms with Gasteiger partial charge in [-0.3, -0.25) is 0 Å². The van der Waals surface area contributed by atoms with Crippen LogP contribution in [-0.2, 0) is 21.3 Å². The predicted molar refractivity (Wildman–Crippen MR) is 236 cm³/mol. The number of tetrazole rings is 1. The number of aromatic nitrogens is 5. The average Bonchev–Trinajstić information content (AvgIpc) is 3.95. The highest BCUT2D eigenvalue weighted by Crippen LogP contribution is 2.43. The third-order valence-corrected chi connectivity index (χ3v) is 16.0. The first-order chi connectivity index (χ1) is 28.8.